The lowest BCUT2D eigenvalue weighted by Crippen LogP contribution is -2.11. The van der Waals surface area contributed by atoms with Crippen molar-refractivity contribution in [1.29, 1.82) is 0 Å². The number of methoxy groups -OCH3 is 1. The van der Waals surface area contributed by atoms with E-state index in [0.717, 1.165) is 6.20 Å². The highest BCUT2D eigenvalue weighted by atomic mass is 79.9. The maximum atomic E-state index is 12.8. The molecule has 1 aromatic rings. The van der Waals surface area contributed by atoms with Crippen LogP contribution in [0.25, 0.3) is 0 Å². The third-order valence-electron chi connectivity index (χ3n) is 2.17. The molecule has 0 aliphatic heterocycles. The Morgan fingerprint density at radius 2 is 2.22 bits per heavy atom. The molecular formula is C11H12BrF2NO3. The van der Waals surface area contributed by atoms with Crippen molar-refractivity contribution in [3.63, 3.8) is 0 Å². The molecule has 18 heavy (non-hydrogen) atoms. The molecule has 0 saturated carbocycles. The Hall–Kier alpha value is -1.24. The molecular weight excluding hydrogens is 312 g/mol. The summed E-state index contributed by atoms with van der Waals surface area (Å²) >= 11 is 3.11. The van der Waals surface area contributed by atoms with E-state index in [2.05, 4.69) is 20.9 Å². The number of hydrogen-bond donors (Lipinski definition) is 0. The molecule has 0 radical (unpaired) electrons. The maximum absolute atomic E-state index is 12.8. The Kier molecular flexibility index (Phi) is 5.46. The summed E-state index contributed by atoms with van der Waals surface area (Å²) in [6.45, 7) is 1.89. The summed E-state index contributed by atoms with van der Waals surface area (Å²) in [5.41, 5.74) is -0.0891. The van der Waals surface area contributed by atoms with Crippen molar-refractivity contribution < 1.29 is 23.0 Å². The van der Waals surface area contributed by atoms with E-state index in [1.807, 2.05) is 0 Å². The first-order valence-electron chi connectivity index (χ1n) is 5.16. The number of aromatic nitrogens is 1. The Balaban J connectivity index is 3.15. The molecule has 1 rings (SSSR count). The van der Waals surface area contributed by atoms with Crippen LogP contribution in [0.5, 0.6) is 5.75 Å². The van der Waals surface area contributed by atoms with Gasteiger partial charge in [-0.25, -0.2) is 13.8 Å². The lowest BCUT2D eigenvalue weighted by atomic mass is 10.1. The van der Waals surface area contributed by atoms with Crippen molar-refractivity contribution in [2.24, 2.45) is 0 Å². The van der Waals surface area contributed by atoms with Gasteiger partial charge in [0.15, 0.2) is 0 Å². The standard InChI is InChI=1S/C11H12BrF2NO3/c1-3-18-8(16)4-6-9(17-2)7(11(13)14)5-15-10(6)12/h5,11H,3-4H2,1-2H3. The van der Waals surface area contributed by atoms with Crippen LogP contribution in [0.3, 0.4) is 0 Å². The molecule has 0 amide bonds. The molecule has 0 aliphatic carbocycles. The van der Waals surface area contributed by atoms with Gasteiger partial charge >= 0.3 is 5.97 Å². The second-order valence-corrected chi connectivity index (χ2v) is 4.05. The minimum atomic E-state index is -2.72. The second kappa shape index (κ2) is 6.63. The van der Waals surface area contributed by atoms with Gasteiger partial charge in [-0.15, -0.1) is 0 Å². The number of ether oxygens (including phenoxy) is 2. The normalized spacial score (nSPS) is 10.6. The van der Waals surface area contributed by atoms with Crippen LogP contribution in [-0.4, -0.2) is 24.7 Å². The molecule has 0 saturated heterocycles. The van der Waals surface area contributed by atoms with Gasteiger partial charge in [0.2, 0.25) is 0 Å². The summed E-state index contributed by atoms with van der Waals surface area (Å²) in [4.78, 5) is 15.2. The third-order valence-corrected chi connectivity index (χ3v) is 2.85. The number of alkyl halides is 2. The highest BCUT2D eigenvalue weighted by Gasteiger charge is 2.22. The van der Waals surface area contributed by atoms with Gasteiger partial charge in [-0.2, -0.15) is 0 Å². The van der Waals surface area contributed by atoms with E-state index in [9.17, 15) is 13.6 Å². The molecule has 0 N–H and O–H groups in total. The molecule has 0 fully saturated rings. The van der Waals surface area contributed by atoms with E-state index in [1.165, 1.54) is 7.11 Å². The van der Waals surface area contributed by atoms with Crippen molar-refractivity contribution in [3.05, 3.63) is 21.9 Å². The fourth-order valence-corrected chi connectivity index (χ4v) is 1.86. The van der Waals surface area contributed by atoms with E-state index >= 15 is 0 Å². The third kappa shape index (κ3) is 3.38. The lowest BCUT2D eigenvalue weighted by molar-refractivity contribution is -0.142. The van der Waals surface area contributed by atoms with Crippen molar-refractivity contribution in [2.75, 3.05) is 13.7 Å². The Morgan fingerprint density at radius 1 is 1.56 bits per heavy atom. The zero-order valence-corrected chi connectivity index (χ0v) is 11.5. The Morgan fingerprint density at radius 3 is 2.72 bits per heavy atom. The van der Waals surface area contributed by atoms with Gasteiger partial charge in [-0.1, -0.05) is 0 Å². The summed E-state index contributed by atoms with van der Waals surface area (Å²) in [6, 6.07) is 0. The zero-order chi connectivity index (χ0) is 13.7. The number of hydrogen-bond acceptors (Lipinski definition) is 4. The van der Waals surface area contributed by atoms with E-state index < -0.39 is 12.4 Å². The zero-order valence-electron chi connectivity index (χ0n) is 9.87. The van der Waals surface area contributed by atoms with Gasteiger partial charge < -0.3 is 9.47 Å². The molecule has 0 unspecified atom stereocenters. The summed E-state index contributed by atoms with van der Waals surface area (Å²) < 4.78 is 35.5. The highest BCUT2D eigenvalue weighted by molar-refractivity contribution is 9.10. The fourth-order valence-electron chi connectivity index (χ4n) is 1.44. The predicted molar refractivity (Wildman–Crippen MR) is 63.8 cm³/mol. The highest BCUT2D eigenvalue weighted by Crippen LogP contribution is 2.35. The smallest absolute Gasteiger partial charge is 0.310 e. The molecule has 4 nitrogen and oxygen atoms in total. The first-order valence-corrected chi connectivity index (χ1v) is 5.95. The minimum absolute atomic E-state index is 0.0417. The topological polar surface area (TPSA) is 48.4 Å². The van der Waals surface area contributed by atoms with Crippen molar-refractivity contribution in [2.45, 2.75) is 19.8 Å². The number of esters is 1. The van der Waals surface area contributed by atoms with Crippen LogP contribution in [0.1, 0.15) is 24.5 Å². The lowest BCUT2D eigenvalue weighted by Gasteiger charge is -2.13. The van der Waals surface area contributed by atoms with Gasteiger partial charge in [0, 0.05) is 11.8 Å². The average molecular weight is 324 g/mol. The molecule has 0 spiro atoms. The molecule has 1 aromatic heterocycles. The van der Waals surface area contributed by atoms with E-state index in [4.69, 9.17) is 9.47 Å². The monoisotopic (exact) mass is 323 g/mol. The van der Waals surface area contributed by atoms with E-state index in [-0.39, 0.29) is 34.5 Å². The quantitative estimate of drug-likeness (QED) is 0.617. The van der Waals surface area contributed by atoms with Crippen LogP contribution >= 0.6 is 15.9 Å². The van der Waals surface area contributed by atoms with E-state index in [0.29, 0.717) is 0 Å². The van der Waals surface area contributed by atoms with Gasteiger partial charge in [-0.05, 0) is 22.9 Å². The largest absolute Gasteiger partial charge is 0.496 e. The molecule has 1 heterocycles. The van der Waals surface area contributed by atoms with Crippen molar-refractivity contribution >= 4 is 21.9 Å². The summed E-state index contributed by atoms with van der Waals surface area (Å²) in [6.07, 6.45) is -1.88. The number of halogens is 3. The van der Waals surface area contributed by atoms with Crippen LogP contribution in [-0.2, 0) is 16.0 Å². The SMILES string of the molecule is CCOC(=O)Cc1c(Br)ncc(C(F)F)c1OC. The number of carbonyl (C=O) groups excluding carboxylic acids is 1. The van der Waals surface area contributed by atoms with Crippen LogP contribution in [0, 0.1) is 0 Å². The molecule has 0 aliphatic rings. The summed E-state index contributed by atoms with van der Waals surface area (Å²) in [7, 11) is 1.27. The molecule has 0 aromatic carbocycles. The summed E-state index contributed by atoms with van der Waals surface area (Å²) in [5.74, 6) is -0.565. The Labute approximate surface area is 111 Å². The van der Waals surface area contributed by atoms with Crippen molar-refractivity contribution in [3.8, 4) is 5.75 Å². The van der Waals surface area contributed by atoms with Gasteiger partial charge in [0.05, 0.1) is 25.7 Å². The van der Waals surface area contributed by atoms with Crippen LogP contribution in [0.4, 0.5) is 8.78 Å². The number of carbonyl (C=O) groups is 1. The number of pyridine rings is 1. The molecule has 0 bridgehead atoms. The maximum Gasteiger partial charge on any atom is 0.310 e. The molecule has 100 valence electrons. The second-order valence-electron chi connectivity index (χ2n) is 3.30. The number of nitrogens with zero attached hydrogens (tertiary/aromatic N) is 1. The van der Waals surface area contributed by atoms with Gasteiger partial charge in [-0.3, -0.25) is 4.79 Å². The Bertz CT molecular complexity index is 441. The fraction of sp³-hybridized carbons (Fsp3) is 0.455. The van der Waals surface area contributed by atoms with E-state index in [1.54, 1.807) is 6.92 Å². The first kappa shape index (κ1) is 14.8. The van der Waals surface area contributed by atoms with Crippen molar-refractivity contribution in [1.82, 2.24) is 4.98 Å². The van der Waals surface area contributed by atoms with Gasteiger partial charge in [0.25, 0.3) is 6.43 Å². The number of rotatable bonds is 5. The summed E-state index contributed by atoms with van der Waals surface area (Å²) in [5, 5.41) is 0. The average Bonchev–Trinajstić information content (AvgIpc) is 2.31. The van der Waals surface area contributed by atoms with Crippen LogP contribution in [0.15, 0.2) is 10.8 Å². The molecule has 7 heteroatoms. The first-order chi connectivity index (χ1) is 8.51. The minimum Gasteiger partial charge on any atom is -0.496 e. The van der Waals surface area contributed by atoms with Crippen LogP contribution in [0.2, 0.25) is 0 Å². The molecule has 0 atom stereocenters. The predicted octanol–water partition coefficient (Wildman–Crippen LogP) is 2.90. The van der Waals surface area contributed by atoms with Gasteiger partial charge in [0.1, 0.15) is 10.4 Å². The van der Waals surface area contributed by atoms with Crippen LogP contribution < -0.4 is 4.74 Å².